The molecule has 59 heavy (non-hydrogen) atoms. The normalized spacial score (nSPS) is 21.3. The van der Waals surface area contributed by atoms with Gasteiger partial charge in [0.25, 0.3) is 0 Å². The van der Waals surface area contributed by atoms with Gasteiger partial charge in [0, 0.05) is 55.4 Å². The second kappa shape index (κ2) is 17.5. The van der Waals surface area contributed by atoms with Crippen molar-refractivity contribution in [3.63, 3.8) is 0 Å². The van der Waals surface area contributed by atoms with E-state index < -0.39 is 31.4 Å². The maximum Gasteiger partial charge on any atom is 0.319 e. The second-order valence-electron chi connectivity index (χ2n) is 17.6. The number of alkyl halides is 1. The van der Waals surface area contributed by atoms with Crippen molar-refractivity contribution in [1.82, 2.24) is 14.9 Å². The van der Waals surface area contributed by atoms with Gasteiger partial charge in [0.05, 0.1) is 22.2 Å². The first-order valence-corrected chi connectivity index (χ1v) is 23.6. The van der Waals surface area contributed by atoms with E-state index in [0.717, 1.165) is 32.2 Å². The molecule has 4 heterocycles. The number of benzene rings is 3. The van der Waals surface area contributed by atoms with Crippen LogP contribution < -0.4 is 14.4 Å². The summed E-state index contributed by atoms with van der Waals surface area (Å²) in [5.41, 5.74) is 4.54. The maximum absolute atomic E-state index is 17.8. The van der Waals surface area contributed by atoms with Gasteiger partial charge in [0.1, 0.15) is 43.8 Å². The third-order valence-electron chi connectivity index (χ3n) is 13.2. The van der Waals surface area contributed by atoms with Gasteiger partial charge in [-0.3, -0.25) is 4.90 Å². The quantitative estimate of drug-likeness (QED) is 0.0838. The number of hydrogen-bond acceptors (Lipinski definition) is 8. The van der Waals surface area contributed by atoms with E-state index in [9.17, 15) is 9.65 Å². The zero-order valence-corrected chi connectivity index (χ0v) is 37.0. The van der Waals surface area contributed by atoms with Crippen LogP contribution in [0.5, 0.6) is 11.8 Å². The summed E-state index contributed by atoms with van der Waals surface area (Å²) in [5, 5.41) is 11.2. The Morgan fingerprint density at radius 1 is 0.983 bits per heavy atom. The zero-order chi connectivity index (χ0) is 42.2. The molecule has 1 aromatic heterocycles. The smallest absolute Gasteiger partial charge is 0.319 e. The monoisotopic (exact) mass is 845 g/mol. The molecule has 7 rings (SSSR count). The predicted molar refractivity (Wildman–Crippen MR) is 232 cm³/mol. The van der Waals surface area contributed by atoms with E-state index >= 15 is 8.78 Å². The minimum atomic E-state index is -2.32. The average molecular weight is 847 g/mol. The molecule has 314 valence electrons. The summed E-state index contributed by atoms with van der Waals surface area (Å²) in [4.78, 5) is 13.8. The highest BCUT2D eigenvalue weighted by atomic mass is 35.5. The predicted octanol–water partition coefficient (Wildman–Crippen LogP) is 11.0. The van der Waals surface area contributed by atoms with Crippen LogP contribution in [0.3, 0.4) is 0 Å². The number of anilines is 1. The van der Waals surface area contributed by atoms with E-state index in [1.807, 2.05) is 4.90 Å². The lowest BCUT2D eigenvalue weighted by Gasteiger charge is -2.38. The summed E-state index contributed by atoms with van der Waals surface area (Å²) in [6, 6.07) is 10.5. The van der Waals surface area contributed by atoms with Crippen molar-refractivity contribution in [3.05, 3.63) is 52.6 Å². The minimum Gasteiger partial charge on any atom is -0.468 e. The molecule has 8 nitrogen and oxygen atoms in total. The van der Waals surface area contributed by atoms with E-state index in [4.69, 9.17) is 35.8 Å². The van der Waals surface area contributed by atoms with Crippen molar-refractivity contribution in [2.75, 3.05) is 51.6 Å². The topological polar surface area (TPSA) is 83.7 Å². The highest BCUT2D eigenvalue weighted by molar-refractivity contribution is 6.90. The molecule has 3 fully saturated rings. The zero-order valence-electron chi connectivity index (χ0n) is 35.2. The standard InChI is InChI=1S/C46H55ClF3N5O3Si/c1-28(2)59(29(3)4,30(5)6)19-14-35-39(49)12-11-32-20-34(58-27-56-7)21-36(40(32)35)41-38(47)22-37-43(42(41)50)52-45(53-44(37)54-16-8-10-31(24-51)13-18-54)57-26-46-15-9-17-55(46)25-33(48)23-46/h11-12,20-22,28-31,33H,8-10,13,15-18,23,25-27H2,1-7H3/t31?,33-,46+/m1/s1. The van der Waals surface area contributed by atoms with Crippen molar-refractivity contribution in [2.45, 2.75) is 108 Å². The lowest BCUT2D eigenvalue weighted by molar-refractivity contribution is 0.0512. The molecular weight excluding hydrogens is 791 g/mol. The number of halogens is 4. The fourth-order valence-electron chi connectivity index (χ4n) is 10.3. The van der Waals surface area contributed by atoms with Gasteiger partial charge in [0.2, 0.25) is 0 Å². The minimum absolute atomic E-state index is 0.00778. The van der Waals surface area contributed by atoms with E-state index in [-0.39, 0.29) is 47.0 Å². The van der Waals surface area contributed by atoms with Gasteiger partial charge in [-0.15, -0.1) is 5.54 Å². The molecule has 0 spiro atoms. The molecule has 3 saturated heterocycles. The first-order chi connectivity index (χ1) is 28.2. The molecule has 3 aliphatic heterocycles. The Hall–Kier alpha value is -4.07. The van der Waals surface area contributed by atoms with Gasteiger partial charge in [0.15, 0.2) is 12.6 Å². The van der Waals surface area contributed by atoms with Crippen molar-refractivity contribution in [2.24, 2.45) is 5.92 Å². The first-order valence-electron chi connectivity index (χ1n) is 21.0. The number of nitrogens with zero attached hydrogens (tertiary/aromatic N) is 5. The SMILES string of the molecule is COCOc1cc(-c2c(Cl)cc3c(N4CCCC(C#N)CC4)nc(OC[C@@]45CCCN4C[C@H](F)C5)nc3c2F)c2c(C#C[Si](C(C)C)(C(C)C)C(C)C)c(F)ccc2c1. The lowest BCUT2D eigenvalue weighted by atomic mass is 9.93. The Morgan fingerprint density at radius 2 is 1.75 bits per heavy atom. The van der Waals surface area contributed by atoms with Gasteiger partial charge < -0.3 is 19.1 Å². The third-order valence-corrected chi connectivity index (χ3v) is 19.8. The molecule has 0 saturated carbocycles. The molecule has 1 unspecified atom stereocenters. The van der Waals surface area contributed by atoms with E-state index in [0.29, 0.717) is 82.4 Å². The average Bonchev–Trinajstić information content (AvgIpc) is 3.61. The number of hydrogen-bond donors (Lipinski definition) is 0. The summed E-state index contributed by atoms with van der Waals surface area (Å²) >= 11 is 7.20. The Balaban J connectivity index is 1.45. The van der Waals surface area contributed by atoms with E-state index in [1.54, 1.807) is 24.3 Å². The summed E-state index contributed by atoms with van der Waals surface area (Å²) < 4.78 is 66.4. The van der Waals surface area contributed by atoms with Gasteiger partial charge in [-0.05, 0) is 90.5 Å². The molecule has 0 N–H and O–H groups in total. The largest absolute Gasteiger partial charge is 0.468 e. The van der Waals surface area contributed by atoms with Crippen molar-refractivity contribution < 1.29 is 27.4 Å². The Morgan fingerprint density at radius 3 is 2.46 bits per heavy atom. The molecular formula is C46H55ClF3N5O3Si. The van der Waals surface area contributed by atoms with Crippen molar-refractivity contribution in [1.29, 1.82) is 5.26 Å². The number of ether oxygens (including phenoxy) is 3. The molecule has 3 aromatic carbocycles. The van der Waals surface area contributed by atoms with Crippen LogP contribution in [0.15, 0.2) is 30.3 Å². The fraction of sp³-hybridized carbons (Fsp3) is 0.543. The van der Waals surface area contributed by atoms with Gasteiger partial charge in [-0.1, -0.05) is 65.1 Å². The summed E-state index contributed by atoms with van der Waals surface area (Å²) in [5.74, 6) is 2.79. The van der Waals surface area contributed by atoms with Crippen LogP contribution in [0.25, 0.3) is 32.8 Å². The van der Waals surface area contributed by atoms with Gasteiger partial charge in [-0.2, -0.15) is 15.2 Å². The molecule has 3 aliphatic rings. The molecule has 13 heteroatoms. The van der Waals surface area contributed by atoms with Crippen LogP contribution in [-0.4, -0.2) is 81.3 Å². The lowest BCUT2D eigenvalue weighted by Crippen LogP contribution is -2.43. The van der Waals surface area contributed by atoms with E-state index in [1.165, 1.54) is 13.2 Å². The molecule has 0 radical (unpaired) electrons. The number of nitriles is 1. The van der Waals surface area contributed by atoms with Gasteiger partial charge in [-0.25, -0.2) is 13.2 Å². The number of aromatic nitrogens is 2. The third kappa shape index (κ3) is 8.11. The first kappa shape index (κ1) is 43.0. The molecule has 0 bridgehead atoms. The van der Waals surface area contributed by atoms with E-state index in [2.05, 4.69) is 64.0 Å². The maximum atomic E-state index is 17.8. The van der Waals surface area contributed by atoms with Crippen molar-refractivity contribution in [3.8, 4) is 40.4 Å². The van der Waals surface area contributed by atoms with Crippen molar-refractivity contribution >= 4 is 47.2 Å². The highest BCUT2D eigenvalue weighted by Crippen LogP contribution is 2.46. The van der Waals surface area contributed by atoms with Crippen LogP contribution in [-0.2, 0) is 4.74 Å². The summed E-state index contributed by atoms with van der Waals surface area (Å²) in [6.45, 7) is 15.6. The Bertz CT molecular complexity index is 2310. The summed E-state index contributed by atoms with van der Waals surface area (Å²) in [7, 11) is -0.813. The molecule has 3 atom stereocenters. The summed E-state index contributed by atoms with van der Waals surface area (Å²) in [6.07, 6.45) is 3.24. The molecule has 0 aliphatic carbocycles. The van der Waals surface area contributed by atoms with Crippen LogP contribution in [0.1, 0.15) is 85.6 Å². The van der Waals surface area contributed by atoms with Crippen LogP contribution in [0.2, 0.25) is 21.6 Å². The van der Waals surface area contributed by atoms with Gasteiger partial charge >= 0.3 is 6.01 Å². The number of fused-ring (bicyclic) bond motifs is 3. The second-order valence-corrected chi connectivity index (χ2v) is 23.6. The number of methoxy groups -OCH3 is 1. The van der Waals surface area contributed by atoms with Crippen LogP contribution in [0.4, 0.5) is 19.0 Å². The molecule has 0 amide bonds. The molecule has 4 aromatic rings. The number of rotatable bonds is 11. The Kier molecular flexibility index (Phi) is 12.8. The Labute approximate surface area is 352 Å². The van der Waals surface area contributed by atoms with Crippen LogP contribution in [0, 0.1) is 40.3 Å². The van der Waals surface area contributed by atoms with Crippen LogP contribution >= 0.6 is 11.6 Å². The fourth-order valence-corrected chi connectivity index (χ4v) is 15.8. The highest BCUT2D eigenvalue weighted by Gasteiger charge is 2.49.